The molecule has 24 heavy (non-hydrogen) atoms. The van der Waals surface area contributed by atoms with E-state index in [0.717, 1.165) is 30.6 Å². The lowest BCUT2D eigenvalue weighted by molar-refractivity contribution is 0.0686. The van der Waals surface area contributed by atoms with Crippen molar-refractivity contribution >= 4 is 0 Å². The SMILES string of the molecule is CCCCCC1(CCCCC)Cc2cc(O)c(C(C)(C)C)cc2O1. The van der Waals surface area contributed by atoms with Gasteiger partial charge in [0, 0.05) is 17.5 Å². The summed E-state index contributed by atoms with van der Waals surface area (Å²) in [4.78, 5) is 0. The molecule has 0 spiro atoms. The third-order valence-electron chi connectivity index (χ3n) is 5.30. The minimum absolute atomic E-state index is 0.0460. The van der Waals surface area contributed by atoms with Crippen LogP contribution >= 0.6 is 0 Å². The minimum Gasteiger partial charge on any atom is -0.508 e. The monoisotopic (exact) mass is 332 g/mol. The maximum atomic E-state index is 10.5. The summed E-state index contributed by atoms with van der Waals surface area (Å²) in [5.74, 6) is 1.42. The fourth-order valence-electron chi connectivity index (χ4n) is 3.86. The van der Waals surface area contributed by atoms with Gasteiger partial charge in [-0.2, -0.15) is 0 Å². The number of aromatic hydroxyl groups is 1. The van der Waals surface area contributed by atoms with Crippen molar-refractivity contribution < 1.29 is 9.84 Å². The van der Waals surface area contributed by atoms with Gasteiger partial charge in [-0.05, 0) is 43.2 Å². The zero-order chi connectivity index (χ0) is 17.8. The van der Waals surface area contributed by atoms with Gasteiger partial charge in [-0.3, -0.25) is 0 Å². The molecule has 1 aliphatic heterocycles. The highest BCUT2D eigenvalue weighted by atomic mass is 16.5. The summed E-state index contributed by atoms with van der Waals surface area (Å²) in [6.07, 6.45) is 10.7. The number of benzene rings is 1. The van der Waals surface area contributed by atoms with E-state index in [2.05, 4.69) is 40.7 Å². The van der Waals surface area contributed by atoms with Crippen LogP contribution in [0.5, 0.6) is 11.5 Å². The molecule has 0 saturated heterocycles. The van der Waals surface area contributed by atoms with E-state index in [1.54, 1.807) is 0 Å². The molecule has 0 bridgehead atoms. The second-order valence-corrected chi connectivity index (χ2v) is 8.60. The normalized spacial score (nSPS) is 16.0. The van der Waals surface area contributed by atoms with E-state index in [4.69, 9.17) is 4.74 Å². The number of hydrogen-bond acceptors (Lipinski definition) is 2. The van der Waals surface area contributed by atoms with Crippen molar-refractivity contribution in [3.8, 4) is 11.5 Å². The number of unbranched alkanes of at least 4 members (excludes halogenated alkanes) is 4. The predicted molar refractivity (Wildman–Crippen MR) is 102 cm³/mol. The molecule has 1 aliphatic rings. The van der Waals surface area contributed by atoms with Crippen molar-refractivity contribution in [2.75, 3.05) is 0 Å². The summed E-state index contributed by atoms with van der Waals surface area (Å²) < 4.78 is 6.57. The Labute approximate surface area is 148 Å². The van der Waals surface area contributed by atoms with Crippen LogP contribution < -0.4 is 4.74 Å². The Morgan fingerprint density at radius 1 is 1.00 bits per heavy atom. The van der Waals surface area contributed by atoms with Gasteiger partial charge in [-0.25, -0.2) is 0 Å². The fraction of sp³-hybridized carbons (Fsp3) is 0.727. The zero-order valence-electron chi connectivity index (χ0n) is 16.4. The Morgan fingerprint density at radius 2 is 1.58 bits per heavy atom. The van der Waals surface area contributed by atoms with Crippen LogP contribution in [0.4, 0.5) is 0 Å². The van der Waals surface area contributed by atoms with Crippen LogP contribution in [0.1, 0.15) is 97.1 Å². The van der Waals surface area contributed by atoms with Gasteiger partial charge < -0.3 is 9.84 Å². The Kier molecular flexibility index (Phi) is 6.22. The van der Waals surface area contributed by atoms with Gasteiger partial charge in [-0.15, -0.1) is 0 Å². The van der Waals surface area contributed by atoms with E-state index in [1.807, 2.05) is 6.07 Å². The standard InChI is InChI=1S/C22H36O2/c1-6-8-10-12-22(13-11-9-7-2)16-17-14-19(23)18(21(3,4)5)15-20(17)24-22/h14-15,23H,6-13,16H2,1-5H3. The summed E-state index contributed by atoms with van der Waals surface area (Å²) >= 11 is 0. The summed E-state index contributed by atoms with van der Waals surface area (Å²) in [7, 11) is 0. The molecule has 0 fully saturated rings. The second kappa shape index (κ2) is 7.80. The molecule has 0 amide bonds. The van der Waals surface area contributed by atoms with E-state index in [0.29, 0.717) is 5.75 Å². The summed E-state index contributed by atoms with van der Waals surface area (Å²) in [6, 6.07) is 4.05. The quantitative estimate of drug-likeness (QED) is 0.549. The number of phenols is 1. The zero-order valence-corrected chi connectivity index (χ0v) is 16.4. The van der Waals surface area contributed by atoms with Gasteiger partial charge in [0.1, 0.15) is 17.1 Å². The number of fused-ring (bicyclic) bond motifs is 1. The first kappa shape index (κ1) is 19.1. The first-order valence-electron chi connectivity index (χ1n) is 9.86. The van der Waals surface area contributed by atoms with Gasteiger partial charge in [0.2, 0.25) is 0 Å². The van der Waals surface area contributed by atoms with Gasteiger partial charge in [0.05, 0.1) is 0 Å². The molecule has 2 heteroatoms. The van der Waals surface area contributed by atoms with Crippen LogP contribution in [0.25, 0.3) is 0 Å². The van der Waals surface area contributed by atoms with Crippen molar-refractivity contribution in [1.82, 2.24) is 0 Å². The molecule has 1 aromatic carbocycles. The lowest BCUT2D eigenvalue weighted by Gasteiger charge is -2.29. The number of hydrogen-bond donors (Lipinski definition) is 1. The van der Waals surface area contributed by atoms with E-state index < -0.39 is 0 Å². The van der Waals surface area contributed by atoms with Crippen molar-refractivity contribution in [1.29, 1.82) is 0 Å². The molecule has 2 rings (SSSR count). The highest BCUT2D eigenvalue weighted by Crippen LogP contribution is 2.45. The lowest BCUT2D eigenvalue weighted by atomic mass is 9.83. The maximum Gasteiger partial charge on any atom is 0.124 e. The molecule has 136 valence electrons. The smallest absolute Gasteiger partial charge is 0.124 e. The van der Waals surface area contributed by atoms with Gasteiger partial charge in [-0.1, -0.05) is 60.3 Å². The van der Waals surface area contributed by atoms with Crippen LogP contribution in [0.15, 0.2) is 12.1 Å². The summed E-state index contributed by atoms with van der Waals surface area (Å²) in [5, 5.41) is 10.5. The Hall–Kier alpha value is -1.18. The first-order chi connectivity index (χ1) is 11.3. The second-order valence-electron chi connectivity index (χ2n) is 8.60. The highest BCUT2D eigenvalue weighted by molar-refractivity contribution is 5.51. The van der Waals surface area contributed by atoms with Gasteiger partial charge in [0.25, 0.3) is 0 Å². The molecule has 0 aliphatic carbocycles. The highest BCUT2D eigenvalue weighted by Gasteiger charge is 2.39. The van der Waals surface area contributed by atoms with Crippen LogP contribution in [-0.4, -0.2) is 10.7 Å². The van der Waals surface area contributed by atoms with Gasteiger partial charge >= 0.3 is 0 Å². The third-order valence-corrected chi connectivity index (χ3v) is 5.30. The molecule has 0 aromatic heterocycles. The number of rotatable bonds is 8. The molecular formula is C22H36O2. The van der Waals surface area contributed by atoms with E-state index >= 15 is 0 Å². The average molecular weight is 333 g/mol. The van der Waals surface area contributed by atoms with Crippen LogP contribution in [-0.2, 0) is 11.8 Å². The van der Waals surface area contributed by atoms with Crippen molar-refractivity contribution in [2.45, 2.75) is 103 Å². The van der Waals surface area contributed by atoms with Crippen LogP contribution in [0, 0.1) is 0 Å². The average Bonchev–Trinajstić information content (AvgIpc) is 2.83. The number of phenolic OH excluding ortho intramolecular Hbond substituents is 1. The van der Waals surface area contributed by atoms with Crippen LogP contribution in [0.2, 0.25) is 0 Å². The third kappa shape index (κ3) is 4.46. The Balaban J connectivity index is 2.22. The van der Waals surface area contributed by atoms with E-state index in [1.165, 1.54) is 44.1 Å². The molecule has 2 nitrogen and oxygen atoms in total. The van der Waals surface area contributed by atoms with Crippen molar-refractivity contribution in [3.63, 3.8) is 0 Å². The molecule has 1 heterocycles. The molecule has 0 saturated carbocycles. The first-order valence-corrected chi connectivity index (χ1v) is 9.86. The molecular weight excluding hydrogens is 296 g/mol. The molecule has 1 N–H and O–H groups in total. The molecule has 0 radical (unpaired) electrons. The predicted octanol–water partition coefficient (Wildman–Crippen LogP) is 6.52. The van der Waals surface area contributed by atoms with Crippen LogP contribution in [0.3, 0.4) is 0 Å². The van der Waals surface area contributed by atoms with Gasteiger partial charge in [0.15, 0.2) is 0 Å². The fourth-order valence-corrected chi connectivity index (χ4v) is 3.86. The van der Waals surface area contributed by atoms with E-state index in [9.17, 15) is 5.11 Å². The van der Waals surface area contributed by atoms with E-state index in [-0.39, 0.29) is 11.0 Å². The lowest BCUT2D eigenvalue weighted by Crippen LogP contribution is -2.34. The van der Waals surface area contributed by atoms with Crippen molar-refractivity contribution in [2.24, 2.45) is 0 Å². The molecule has 0 unspecified atom stereocenters. The summed E-state index contributed by atoms with van der Waals surface area (Å²) in [5.41, 5.74) is 2.06. The molecule has 1 aromatic rings. The molecule has 0 atom stereocenters. The maximum absolute atomic E-state index is 10.5. The number of ether oxygens (including phenoxy) is 1. The largest absolute Gasteiger partial charge is 0.508 e. The minimum atomic E-state index is -0.0713. The Morgan fingerprint density at radius 3 is 2.08 bits per heavy atom. The summed E-state index contributed by atoms with van der Waals surface area (Å²) in [6.45, 7) is 10.9. The Bertz CT molecular complexity index is 530. The van der Waals surface area contributed by atoms with Crippen molar-refractivity contribution in [3.05, 3.63) is 23.3 Å². The topological polar surface area (TPSA) is 29.5 Å².